The van der Waals surface area contributed by atoms with E-state index in [0.717, 1.165) is 0 Å². The van der Waals surface area contributed by atoms with Crippen molar-refractivity contribution >= 4 is 11.6 Å². The first-order chi connectivity index (χ1) is 9.47. The maximum atomic E-state index is 11.9. The van der Waals surface area contributed by atoms with Crippen LogP contribution < -0.4 is 5.56 Å². The number of rotatable bonds is 5. The number of hydrogen-bond donors (Lipinski definition) is 1. The van der Waals surface area contributed by atoms with E-state index in [4.69, 9.17) is 5.11 Å². The first-order valence-electron chi connectivity index (χ1n) is 6.36. The number of aromatic nitrogens is 2. The maximum Gasteiger partial charge on any atom is 0.307 e. The molecule has 6 nitrogen and oxygen atoms in total. The molecule has 2 aromatic rings. The molecule has 0 spiro atoms. The van der Waals surface area contributed by atoms with Crippen LogP contribution in [0.5, 0.6) is 0 Å². The lowest BCUT2D eigenvalue weighted by atomic mass is 10.2. The fraction of sp³-hybridized carbons (Fsp3) is 0.357. The second kappa shape index (κ2) is 5.83. The van der Waals surface area contributed by atoms with Gasteiger partial charge in [-0.05, 0) is 19.2 Å². The molecule has 0 saturated carbocycles. The van der Waals surface area contributed by atoms with E-state index >= 15 is 0 Å². The standard InChI is InChI=1S/C14H17N3O3/c1-10(14(19)20)8-16(2)9-11-7-13(18)17-6-4-3-5-12(17)15-11/h3-7,10H,8-9H2,1-2H3,(H,19,20). The molecule has 2 aromatic heterocycles. The van der Waals surface area contributed by atoms with Crippen molar-refractivity contribution in [3.8, 4) is 0 Å². The average Bonchev–Trinajstić information content (AvgIpc) is 2.38. The van der Waals surface area contributed by atoms with E-state index in [1.54, 1.807) is 25.3 Å². The molecule has 1 N–H and O–H groups in total. The number of aliphatic carboxylic acids is 1. The second-order valence-corrected chi connectivity index (χ2v) is 4.95. The molecule has 1 atom stereocenters. The van der Waals surface area contributed by atoms with Crippen molar-refractivity contribution in [2.75, 3.05) is 13.6 Å². The van der Waals surface area contributed by atoms with Gasteiger partial charge >= 0.3 is 5.97 Å². The average molecular weight is 275 g/mol. The van der Waals surface area contributed by atoms with Gasteiger partial charge in [-0.1, -0.05) is 13.0 Å². The summed E-state index contributed by atoms with van der Waals surface area (Å²) >= 11 is 0. The molecule has 6 heteroatoms. The lowest BCUT2D eigenvalue weighted by molar-refractivity contribution is -0.141. The SMILES string of the molecule is CC(CN(C)Cc1cc(=O)n2ccccc2n1)C(=O)O. The molecule has 106 valence electrons. The van der Waals surface area contributed by atoms with Gasteiger partial charge in [0.2, 0.25) is 0 Å². The molecule has 0 bridgehead atoms. The Balaban J connectivity index is 2.18. The molecular weight excluding hydrogens is 258 g/mol. The highest BCUT2D eigenvalue weighted by Crippen LogP contribution is 2.04. The Morgan fingerprint density at radius 3 is 2.95 bits per heavy atom. The van der Waals surface area contributed by atoms with Gasteiger partial charge in [0.15, 0.2) is 0 Å². The highest BCUT2D eigenvalue weighted by Gasteiger charge is 2.14. The Labute approximate surface area is 116 Å². The zero-order chi connectivity index (χ0) is 14.7. The molecule has 0 aliphatic heterocycles. The number of carbonyl (C=O) groups is 1. The molecule has 0 amide bonds. The second-order valence-electron chi connectivity index (χ2n) is 4.95. The Morgan fingerprint density at radius 2 is 2.25 bits per heavy atom. The van der Waals surface area contributed by atoms with Crippen LogP contribution in [0.25, 0.3) is 5.65 Å². The van der Waals surface area contributed by atoms with Gasteiger partial charge in [-0.25, -0.2) is 4.98 Å². The molecule has 2 heterocycles. The molecule has 1 unspecified atom stereocenters. The van der Waals surface area contributed by atoms with Crippen LogP contribution >= 0.6 is 0 Å². The quantitative estimate of drug-likeness (QED) is 0.875. The lowest BCUT2D eigenvalue weighted by Crippen LogP contribution is -2.29. The van der Waals surface area contributed by atoms with E-state index in [1.165, 1.54) is 10.5 Å². The summed E-state index contributed by atoms with van der Waals surface area (Å²) in [5, 5.41) is 8.89. The predicted octanol–water partition coefficient (Wildman–Crippen LogP) is 0.847. The summed E-state index contributed by atoms with van der Waals surface area (Å²) in [6.45, 7) is 2.50. The molecule has 0 aliphatic carbocycles. The van der Waals surface area contributed by atoms with Crippen molar-refractivity contribution in [3.63, 3.8) is 0 Å². The van der Waals surface area contributed by atoms with Gasteiger partial charge < -0.3 is 5.11 Å². The number of fused-ring (bicyclic) bond motifs is 1. The largest absolute Gasteiger partial charge is 0.481 e. The minimum Gasteiger partial charge on any atom is -0.481 e. The lowest BCUT2D eigenvalue weighted by Gasteiger charge is -2.18. The van der Waals surface area contributed by atoms with Gasteiger partial charge in [0, 0.05) is 25.4 Å². The van der Waals surface area contributed by atoms with Crippen LogP contribution in [0, 0.1) is 5.92 Å². The first-order valence-corrected chi connectivity index (χ1v) is 6.36. The molecule has 0 fully saturated rings. The van der Waals surface area contributed by atoms with Crippen molar-refractivity contribution < 1.29 is 9.90 Å². The summed E-state index contributed by atoms with van der Waals surface area (Å²) in [6.07, 6.45) is 1.67. The van der Waals surface area contributed by atoms with E-state index < -0.39 is 11.9 Å². The zero-order valence-corrected chi connectivity index (χ0v) is 11.5. The third-order valence-electron chi connectivity index (χ3n) is 3.06. The van der Waals surface area contributed by atoms with Crippen LogP contribution in [0.4, 0.5) is 0 Å². The van der Waals surface area contributed by atoms with Crippen LogP contribution in [-0.4, -0.2) is 39.0 Å². The normalized spacial score (nSPS) is 12.8. The van der Waals surface area contributed by atoms with Crippen LogP contribution in [0.15, 0.2) is 35.3 Å². The molecule has 0 aliphatic rings. The van der Waals surface area contributed by atoms with Gasteiger partial charge in [-0.3, -0.25) is 18.9 Å². The molecule has 0 radical (unpaired) electrons. The number of nitrogens with zero attached hydrogens (tertiary/aromatic N) is 3. The van der Waals surface area contributed by atoms with Crippen LogP contribution in [0.1, 0.15) is 12.6 Å². The summed E-state index contributed by atoms with van der Waals surface area (Å²) in [7, 11) is 1.81. The number of carboxylic acid groups (broad SMARTS) is 1. The highest BCUT2D eigenvalue weighted by molar-refractivity contribution is 5.69. The summed E-state index contributed by atoms with van der Waals surface area (Å²) in [4.78, 5) is 29.0. The van der Waals surface area contributed by atoms with E-state index in [2.05, 4.69) is 4.98 Å². The van der Waals surface area contributed by atoms with E-state index in [1.807, 2.05) is 18.0 Å². The fourth-order valence-electron chi connectivity index (χ4n) is 2.07. The third kappa shape index (κ3) is 3.21. The van der Waals surface area contributed by atoms with Crippen molar-refractivity contribution in [1.82, 2.24) is 14.3 Å². The molecule has 0 aromatic carbocycles. The van der Waals surface area contributed by atoms with Gasteiger partial charge in [-0.15, -0.1) is 0 Å². The molecular formula is C14H17N3O3. The summed E-state index contributed by atoms with van der Waals surface area (Å²) in [5.41, 5.74) is 1.10. The minimum atomic E-state index is -0.830. The number of carboxylic acids is 1. The Hall–Kier alpha value is -2.21. The highest BCUT2D eigenvalue weighted by atomic mass is 16.4. The Bertz CT molecular complexity index is 681. The maximum absolute atomic E-state index is 11.9. The van der Waals surface area contributed by atoms with Gasteiger partial charge in [-0.2, -0.15) is 0 Å². The van der Waals surface area contributed by atoms with E-state index in [-0.39, 0.29) is 5.56 Å². The molecule has 20 heavy (non-hydrogen) atoms. The number of hydrogen-bond acceptors (Lipinski definition) is 4. The van der Waals surface area contributed by atoms with Gasteiger partial charge in [0.05, 0.1) is 11.6 Å². The van der Waals surface area contributed by atoms with Crippen molar-refractivity contribution in [3.05, 3.63) is 46.5 Å². The summed E-state index contributed by atoms with van der Waals surface area (Å²) in [6, 6.07) is 6.85. The van der Waals surface area contributed by atoms with Gasteiger partial charge in [0.25, 0.3) is 5.56 Å². The van der Waals surface area contributed by atoms with Gasteiger partial charge in [0.1, 0.15) is 5.65 Å². The monoisotopic (exact) mass is 275 g/mol. The van der Waals surface area contributed by atoms with Crippen molar-refractivity contribution in [1.29, 1.82) is 0 Å². The number of pyridine rings is 1. The Kier molecular flexibility index (Phi) is 4.14. The van der Waals surface area contributed by atoms with E-state index in [9.17, 15) is 9.59 Å². The summed E-state index contributed by atoms with van der Waals surface area (Å²) < 4.78 is 1.48. The molecule has 0 saturated heterocycles. The predicted molar refractivity (Wildman–Crippen MR) is 74.6 cm³/mol. The minimum absolute atomic E-state index is 0.134. The van der Waals surface area contributed by atoms with E-state index in [0.29, 0.717) is 24.4 Å². The third-order valence-corrected chi connectivity index (χ3v) is 3.06. The summed E-state index contributed by atoms with van der Waals surface area (Å²) in [5.74, 6) is -1.29. The van der Waals surface area contributed by atoms with Crippen molar-refractivity contribution in [2.45, 2.75) is 13.5 Å². The Morgan fingerprint density at radius 1 is 1.50 bits per heavy atom. The van der Waals surface area contributed by atoms with Crippen molar-refractivity contribution in [2.24, 2.45) is 5.92 Å². The van der Waals surface area contributed by atoms with Crippen LogP contribution in [0.3, 0.4) is 0 Å². The zero-order valence-electron chi connectivity index (χ0n) is 11.5. The first kappa shape index (κ1) is 14.2. The van der Waals surface area contributed by atoms with Crippen LogP contribution in [0.2, 0.25) is 0 Å². The fourth-order valence-corrected chi connectivity index (χ4v) is 2.07. The topological polar surface area (TPSA) is 74.9 Å². The van der Waals surface area contributed by atoms with Crippen LogP contribution in [-0.2, 0) is 11.3 Å². The smallest absolute Gasteiger partial charge is 0.307 e. The molecule has 2 rings (SSSR count).